The number of carbonyl (C=O) groups is 2. The number of nitrogens with two attached hydrogens (primary N) is 1. The standard InChI is InChI=1S/C15H16F3N5O3/c16-15(17,18)14(26)3-1-6-22(7-4-14)13(25)10-2-5-20-12-9(11(19)24)8-21-23(10)12/h2,5,8,26H,1,3-4,6-7H2,(H2,19,24). The molecule has 1 saturated heterocycles. The van der Waals surface area contributed by atoms with Crippen molar-refractivity contribution in [3.8, 4) is 0 Å². The second kappa shape index (κ2) is 6.24. The number of rotatable bonds is 2. The SMILES string of the molecule is NC(=O)c1cnn2c(C(=O)N3CCCC(O)(C(F)(F)F)CC3)ccnc12. The van der Waals surface area contributed by atoms with Crippen LogP contribution in [0.15, 0.2) is 18.5 Å². The molecule has 0 aliphatic carbocycles. The molecule has 1 aliphatic rings. The van der Waals surface area contributed by atoms with Crippen molar-refractivity contribution in [2.45, 2.75) is 31.0 Å². The van der Waals surface area contributed by atoms with Crippen LogP contribution in [0.25, 0.3) is 5.65 Å². The van der Waals surface area contributed by atoms with E-state index in [1.807, 2.05) is 0 Å². The van der Waals surface area contributed by atoms with Crippen molar-refractivity contribution in [2.24, 2.45) is 5.73 Å². The zero-order chi connectivity index (χ0) is 19.1. The average Bonchev–Trinajstić information content (AvgIpc) is 2.90. The smallest absolute Gasteiger partial charge is 0.380 e. The van der Waals surface area contributed by atoms with Gasteiger partial charge in [0.25, 0.3) is 11.8 Å². The van der Waals surface area contributed by atoms with Gasteiger partial charge in [0.05, 0.1) is 6.20 Å². The van der Waals surface area contributed by atoms with Crippen LogP contribution >= 0.6 is 0 Å². The van der Waals surface area contributed by atoms with Crippen molar-refractivity contribution in [1.82, 2.24) is 19.5 Å². The van der Waals surface area contributed by atoms with Crippen LogP contribution in [0.4, 0.5) is 13.2 Å². The van der Waals surface area contributed by atoms with E-state index in [9.17, 15) is 27.9 Å². The van der Waals surface area contributed by atoms with Crippen LogP contribution < -0.4 is 5.73 Å². The molecule has 1 fully saturated rings. The molecule has 1 unspecified atom stereocenters. The lowest BCUT2D eigenvalue weighted by Crippen LogP contribution is -2.46. The number of aromatic nitrogens is 3. The molecule has 0 radical (unpaired) electrons. The maximum Gasteiger partial charge on any atom is 0.417 e. The van der Waals surface area contributed by atoms with Crippen LogP contribution in [0.2, 0.25) is 0 Å². The van der Waals surface area contributed by atoms with Gasteiger partial charge in [-0.3, -0.25) is 9.59 Å². The predicted octanol–water partition coefficient (Wildman–Crippen LogP) is 0.748. The molecule has 3 N–H and O–H groups in total. The number of primary amides is 1. The molecule has 0 spiro atoms. The summed E-state index contributed by atoms with van der Waals surface area (Å²) in [4.78, 5) is 29.3. The molecule has 1 atom stereocenters. The van der Waals surface area contributed by atoms with Crippen molar-refractivity contribution in [1.29, 1.82) is 0 Å². The van der Waals surface area contributed by atoms with E-state index in [1.165, 1.54) is 23.4 Å². The highest BCUT2D eigenvalue weighted by atomic mass is 19.4. The van der Waals surface area contributed by atoms with E-state index in [-0.39, 0.29) is 36.4 Å². The van der Waals surface area contributed by atoms with Gasteiger partial charge in [-0.25, -0.2) is 9.50 Å². The summed E-state index contributed by atoms with van der Waals surface area (Å²) in [5, 5.41) is 13.8. The molecule has 2 aromatic heterocycles. The van der Waals surface area contributed by atoms with Gasteiger partial charge in [-0.2, -0.15) is 18.3 Å². The summed E-state index contributed by atoms with van der Waals surface area (Å²) in [6, 6.07) is 1.36. The van der Waals surface area contributed by atoms with E-state index in [1.54, 1.807) is 0 Å². The summed E-state index contributed by atoms with van der Waals surface area (Å²) in [7, 11) is 0. The van der Waals surface area contributed by atoms with Gasteiger partial charge in [0, 0.05) is 25.7 Å². The van der Waals surface area contributed by atoms with Crippen molar-refractivity contribution >= 4 is 17.5 Å². The van der Waals surface area contributed by atoms with Crippen molar-refractivity contribution in [3.63, 3.8) is 0 Å². The number of hydrogen-bond donors (Lipinski definition) is 2. The lowest BCUT2D eigenvalue weighted by molar-refractivity contribution is -0.263. The molecule has 140 valence electrons. The van der Waals surface area contributed by atoms with Crippen LogP contribution in [0, 0.1) is 0 Å². The quantitative estimate of drug-likeness (QED) is 0.809. The van der Waals surface area contributed by atoms with Gasteiger partial charge in [-0.05, 0) is 18.9 Å². The maximum atomic E-state index is 13.0. The molecule has 3 heterocycles. The molecule has 1 aliphatic heterocycles. The summed E-state index contributed by atoms with van der Waals surface area (Å²) in [5.74, 6) is -1.33. The van der Waals surface area contributed by atoms with E-state index in [2.05, 4.69) is 10.1 Å². The van der Waals surface area contributed by atoms with Crippen LogP contribution in [-0.2, 0) is 0 Å². The second-order valence-corrected chi connectivity index (χ2v) is 6.16. The van der Waals surface area contributed by atoms with Crippen molar-refractivity contribution in [3.05, 3.63) is 29.7 Å². The minimum atomic E-state index is -4.76. The molecular weight excluding hydrogens is 355 g/mol. The molecule has 3 rings (SSSR count). The van der Waals surface area contributed by atoms with Crippen LogP contribution in [0.1, 0.15) is 40.1 Å². The van der Waals surface area contributed by atoms with Gasteiger partial charge in [0.15, 0.2) is 11.2 Å². The van der Waals surface area contributed by atoms with E-state index in [4.69, 9.17) is 5.73 Å². The lowest BCUT2D eigenvalue weighted by Gasteiger charge is -2.29. The third kappa shape index (κ3) is 2.98. The number of halogens is 3. The largest absolute Gasteiger partial charge is 0.417 e. The molecule has 11 heteroatoms. The van der Waals surface area contributed by atoms with Gasteiger partial charge in [-0.15, -0.1) is 0 Å². The fraction of sp³-hybridized carbons (Fsp3) is 0.467. The van der Waals surface area contributed by atoms with Crippen molar-refractivity contribution in [2.75, 3.05) is 13.1 Å². The Kier molecular flexibility index (Phi) is 4.34. The average molecular weight is 371 g/mol. The summed E-state index contributed by atoms with van der Waals surface area (Å²) in [6.07, 6.45) is -3.37. The maximum absolute atomic E-state index is 13.0. The first kappa shape index (κ1) is 18.1. The summed E-state index contributed by atoms with van der Waals surface area (Å²) in [6.45, 7) is -0.201. The van der Waals surface area contributed by atoms with Gasteiger partial charge in [0.1, 0.15) is 11.3 Å². The Bertz CT molecular complexity index is 866. The Labute approximate surface area is 145 Å². The Balaban J connectivity index is 1.89. The Morgan fingerprint density at radius 3 is 2.65 bits per heavy atom. The third-order valence-electron chi connectivity index (χ3n) is 4.51. The van der Waals surface area contributed by atoms with Gasteiger partial charge >= 0.3 is 6.18 Å². The molecule has 26 heavy (non-hydrogen) atoms. The zero-order valence-electron chi connectivity index (χ0n) is 13.5. The first-order chi connectivity index (χ1) is 12.1. The second-order valence-electron chi connectivity index (χ2n) is 6.16. The molecule has 0 saturated carbocycles. The normalized spacial score (nSPS) is 21.6. The van der Waals surface area contributed by atoms with Gasteiger partial charge in [0.2, 0.25) is 0 Å². The Morgan fingerprint density at radius 2 is 2.00 bits per heavy atom. The first-order valence-corrected chi connectivity index (χ1v) is 7.85. The molecule has 8 nitrogen and oxygen atoms in total. The number of likely N-dealkylation sites (tertiary alicyclic amines) is 1. The van der Waals surface area contributed by atoms with E-state index >= 15 is 0 Å². The van der Waals surface area contributed by atoms with Crippen LogP contribution in [0.5, 0.6) is 0 Å². The number of amides is 2. The summed E-state index contributed by atoms with van der Waals surface area (Å²) < 4.78 is 40.2. The van der Waals surface area contributed by atoms with Crippen molar-refractivity contribution < 1.29 is 27.9 Å². The number of aliphatic hydroxyl groups is 1. The minimum Gasteiger partial charge on any atom is -0.380 e. The summed E-state index contributed by atoms with van der Waals surface area (Å²) in [5.41, 5.74) is 2.58. The van der Waals surface area contributed by atoms with E-state index < -0.39 is 36.4 Å². The number of alkyl halides is 3. The van der Waals surface area contributed by atoms with Crippen LogP contribution in [-0.4, -0.2) is 61.3 Å². The van der Waals surface area contributed by atoms with Crippen LogP contribution in [0.3, 0.4) is 0 Å². The molecular formula is C15H16F3N5O3. The number of nitrogens with zero attached hydrogens (tertiary/aromatic N) is 4. The fourth-order valence-corrected chi connectivity index (χ4v) is 2.99. The lowest BCUT2D eigenvalue weighted by atomic mass is 9.94. The highest BCUT2D eigenvalue weighted by molar-refractivity contribution is 5.99. The zero-order valence-corrected chi connectivity index (χ0v) is 13.5. The molecule has 2 amide bonds. The van der Waals surface area contributed by atoms with Gasteiger partial charge < -0.3 is 15.7 Å². The van der Waals surface area contributed by atoms with E-state index in [0.29, 0.717) is 0 Å². The fourth-order valence-electron chi connectivity index (χ4n) is 2.99. The third-order valence-corrected chi connectivity index (χ3v) is 4.51. The number of hydrogen-bond acceptors (Lipinski definition) is 5. The molecule has 0 bridgehead atoms. The molecule has 2 aromatic rings. The predicted molar refractivity (Wildman–Crippen MR) is 82.3 cm³/mol. The van der Waals surface area contributed by atoms with E-state index in [0.717, 1.165) is 4.52 Å². The van der Waals surface area contributed by atoms with Gasteiger partial charge in [-0.1, -0.05) is 0 Å². The Morgan fingerprint density at radius 1 is 1.27 bits per heavy atom. The monoisotopic (exact) mass is 371 g/mol. The molecule has 0 aromatic carbocycles. The first-order valence-electron chi connectivity index (χ1n) is 7.85. The number of fused-ring (bicyclic) bond motifs is 1. The highest BCUT2D eigenvalue weighted by Crippen LogP contribution is 2.38. The topological polar surface area (TPSA) is 114 Å². The summed E-state index contributed by atoms with van der Waals surface area (Å²) >= 11 is 0. The minimum absolute atomic E-state index is 0.00161. The highest BCUT2D eigenvalue weighted by Gasteiger charge is 2.53. The number of carbonyl (C=O) groups excluding carboxylic acids is 2. The Hall–Kier alpha value is -2.69.